The minimum Gasteiger partial charge on any atom is -0.493 e. The number of nitrogens with one attached hydrogen (secondary N) is 1. The number of methoxy groups -OCH3 is 3. The van der Waals surface area contributed by atoms with Crippen molar-refractivity contribution >= 4 is 34.6 Å². The van der Waals surface area contributed by atoms with E-state index in [1.54, 1.807) is 18.2 Å². The maximum atomic E-state index is 12.7. The highest BCUT2D eigenvalue weighted by Crippen LogP contribution is 2.40. The highest BCUT2D eigenvalue weighted by atomic mass is 35.5. The first-order valence-corrected chi connectivity index (χ1v) is 8.04. The third kappa shape index (κ3) is 2.99. The molecule has 0 saturated carbocycles. The summed E-state index contributed by atoms with van der Waals surface area (Å²) in [6.45, 7) is 0. The summed E-state index contributed by atoms with van der Waals surface area (Å²) < 4.78 is 15.8. The second-order valence-corrected chi connectivity index (χ2v) is 5.86. The minimum absolute atomic E-state index is 0.251. The molecule has 7 heteroatoms. The van der Waals surface area contributed by atoms with Gasteiger partial charge in [0.1, 0.15) is 0 Å². The number of para-hydroxylation sites is 1. The van der Waals surface area contributed by atoms with Gasteiger partial charge in [-0.25, -0.2) is 0 Å². The first-order chi connectivity index (χ1) is 12.5. The summed E-state index contributed by atoms with van der Waals surface area (Å²) in [4.78, 5) is 25.0. The van der Waals surface area contributed by atoms with Gasteiger partial charge in [-0.1, -0.05) is 23.7 Å². The summed E-state index contributed by atoms with van der Waals surface area (Å²) in [5.41, 5.74) is 1.64. The molecular formula is C19H16ClNO5. The van der Waals surface area contributed by atoms with Gasteiger partial charge >= 0.3 is 0 Å². The zero-order chi connectivity index (χ0) is 18.8. The fraction of sp³-hybridized carbons (Fsp3) is 0.158. The van der Waals surface area contributed by atoms with Gasteiger partial charge in [-0.3, -0.25) is 9.59 Å². The van der Waals surface area contributed by atoms with Crippen molar-refractivity contribution in [3.05, 3.63) is 52.6 Å². The highest BCUT2D eigenvalue weighted by molar-refractivity contribution is 6.41. The van der Waals surface area contributed by atoms with Crippen molar-refractivity contribution in [1.29, 1.82) is 0 Å². The normalized spacial score (nSPS) is 14.0. The Morgan fingerprint density at radius 3 is 2.31 bits per heavy atom. The number of ether oxygens (including phenoxy) is 3. The predicted molar refractivity (Wildman–Crippen MR) is 98.5 cm³/mol. The molecule has 0 aromatic heterocycles. The molecule has 0 unspecified atom stereocenters. The standard InChI is InChI=1S/C19H16ClNO5/c1-24-15-7-10(8-16(25-2)18(15)26-3)14(22)9-12-11-5-4-6-13(20)17(11)21-19(12)23/h4-9H,1-3H3,(H,21,23). The van der Waals surface area contributed by atoms with Crippen LogP contribution in [0.25, 0.3) is 5.57 Å². The molecule has 1 heterocycles. The Hall–Kier alpha value is -2.99. The van der Waals surface area contributed by atoms with Crippen molar-refractivity contribution in [1.82, 2.24) is 0 Å². The summed E-state index contributed by atoms with van der Waals surface area (Å²) >= 11 is 6.09. The Morgan fingerprint density at radius 1 is 1.08 bits per heavy atom. The molecule has 134 valence electrons. The van der Waals surface area contributed by atoms with E-state index in [2.05, 4.69) is 5.32 Å². The molecular weight excluding hydrogens is 358 g/mol. The van der Waals surface area contributed by atoms with E-state index in [9.17, 15) is 9.59 Å². The molecule has 0 spiro atoms. The molecule has 0 aliphatic carbocycles. The number of carbonyl (C=O) groups excluding carboxylic acids is 2. The van der Waals surface area contributed by atoms with Crippen LogP contribution in [0.1, 0.15) is 15.9 Å². The molecule has 0 bridgehead atoms. The molecule has 0 saturated heterocycles. The Labute approximate surface area is 155 Å². The average molecular weight is 374 g/mol. The molecule has 26 heavy (non-hydrogen) atoms. The maximum Gasteiger partial charge on any atom is 0.256 e. The maximum absolute atomic E-state index is 12.7. The number of hydrogen-bond donors (Lipinski definition) is 1. The van der Waals surface area contributed by atoms with Gasteiger partial charge in [-0.15, -0.1) is 0 Å². The van der Waals surface area contributed by atoms with Crippen LogP contribution in [0.4, 0.5) is 5.69 Å². The van der Waals surface area contributed by atoms with E-state index in [1.807, 2.05) is 0 Å². The van der Waals surface area contributed by atoms with Crippen LogP contribution in [0.2, 0.25) is 5.02 Å². The number of rotatable bonds is 5. The molecule has 6 nitrogen and oxygen atoms in total. The predicted octanol–water partition coefficient (Wildman–Crippen LogP) is 3.58. The third-order valence-electron chi connectivity index (χ3n) is 4.01. The molecule has 1 aliphatic rings. The van der Waals surface area contributed by atoms with E-state index in [-0.39, 0.29) is 17.3 Å². The molecule has 2 aromatic rings. The van der Waals surface area contributed by atoms with E-state index in [4.69, 9.17) is 25.8 Å². The number of allylic oxidation sites excluding steroid dienone is 1. The summed E-state index contributed by atoms with van der Waals surface area (Å²) in [5, 5.41) is 3.09. The minimum atomic E-state index is -0.381. The lowest BCUT2D eigenvalue weighted by Crippen LogP contribution is -2.06. The molecule has 0 radical (unpaired) electrons. The van der Waals surface area contributed by atoms with Gasteiger partial charge in [0.05, 0.1) is 37.6 Å². The van der Waals surface area contributed by atoms with Crippen molar-refractivity contribution in [3.63, 3.8) is 0 Å². The largest absolute Gasteiger partial charge is 0.493 e. The Bertz CT molecular complexity index is 911. The number of halogens is 1. The summed E-state index contributed by atoms with van der Waals surface area (Å²) in [5.74, 6) is 0.340. The number of benzene rings is 2. The topological polar surface area (TPSA) is 73.9 Å². The van der Waals surface area contributed by atoms with Crippen molar-refractivity contribution in [2.24, 2.45) is 0 Å². The van der Waals surface area contributed by atoms with Crippen LogP contribution >= 0.6 is 11.6 Å². The van der Waals surface area contributed by atoms with E-state index in [0.29, 0.717) is 39.1 Å². The van der Waals surface area contributed by atoms with Crippen LogP contribution in [0.15, 0.2) is 36.4 Å². The molecule has 1 aliphatic heterocycles. The number of carbonyl (C=O) groups is 2. The van der Waals surface area contributed by atoms with Gasteiger partial charge in [0, 0.05) is 11.1 Å². The SMILES string of the molecule is COc1cc(C(=O)C=C2C(=O)Nc3c(Cl)cccc32)cc(OC)c1OC. The van der Waals surface area contributed by atoms with E-state index in [0.717, 1.165) is 0 Å². The summed E-state index contributed by atoms with van der Waals surface area (Å²) in [6.07, 6.45) is 1.28. The quantitative estimate of drug-likeness (QED) is 0.640. The lowest BCUT2D eigenvalue weighted by molar-refractivity contribution is -0.110. The Balaban J connectivity index is 2.05. The second-order valence-electron chi connectivity index (χ2n) is 5.45. The summed E-state index contributed by atoms with van der Waals surface area (Å²) in [7, 11) is 4.41. The molecule has 2 aromatic carbocycles. The molecule has 1 amide bonds. The molecule has 0 fully saturated rings. The zero-order valence-electron chi connectivity index (χ0n) is 14.4. The number of amides is 1. The van der Waals surface area contributed by atoms with Crippen molar-refractivity contribution < 1.29 is 23.8 Å². The summed E-state index contributed by atoms with van der Waals surface area (Å²) in [6, 6.07) is 8.19. The third-order valence-corrected chi connectivity index (χ3v) is 4.33. The second kappa shape index (κ2) is 7.09. The van der Waals surface area contributed by atoms with Crippen LogP contribution in [0, 0.1) is 0 Å². The van der Waals surface area contributed by atoms with E-state index in [1.165, 1.54) is 39.5 Å². The van der Waals surface area contributed by atoms with Gasteiger partial charge in [0.15, 0.2) is 17.3 Å². The average Bonchev–Trinajstić information content (AvgIpc) is 2.97. The number of hydrogen-bond acceptors (Lipinski definition) is 5. The van der Waals surface area contributed by atoms with Gasteiger partial charge in [0.2, 0.25) is 5.75 Å². The van der Waals surface area contributed by atoms with Crippen LogP contribution in [-0.2, 0) is 4.79 Å². The smallest absolute Gasteiger partial charge is 0.256 e. The Kier molecular flexibility index (Phi) is 4.86. The van der Waals surface area contributed by atoms with Crippen LogP contribution < -0.4 is 19.5 Å². The van der Waals surface area contributed by atoms with Gasteiger partial charge in [-0.2, -0.15) is 0 Å². The Morgan fingerprint density at radius 2 is 1.73 bits per heavy atom. The molecule has 0 atom stereocenters. The first-order valence-electron chi connectivity index (χ1n) is 7.66. The van der Waals surface area contributed by atoms with Crippen molar-refractivity contribution in [2.45, 2.75) is 0 Å². The van der Waals surface area contributed by atoms with Crippen molar-refractivity contribution in [2.75, 3.05) is 26.6 Å². The van der Waals surface area contributed by atoms with Gasteiger partial charge in [0.25, 0.3) is 5.91 Å². The lowest BCUT2D eigenvalue weighted by atomic mass is 10.0. The highest BCUT2D eigenvalue weighted by Gasteiger charge is 2.27. The molecule has 1 N–H and O–H groups in total. The fourth-order valence-electron chi connectivity index (χ4n) is 2.76. The van der Waals surface area contributed by atoms with Crippen LogP contribution in [-0.4, -0.2) is 33.0 Å². The van der Waals surface area contributed by atoms with E-state index >= 15 is 0 Å². The molecule has 3 rings (SSSR count). The van der Waals surface area contributed by atoms with E-state index < -0.39 is 0 Å². The van der Waals surface area contributed by atoms with Crippen LogP contribution in [0.3, 0.4) is 0 Å². The number of ketones is 1. The fourth-order valence-corrected chi connectivity index (χ4v) is 2.98. The first kappa shape index (κ1) is 17.8. The van der Waals surface area contributed by atoms with Crippen molar-refractivity contribution in [3.8, 4) is 17.2 Å². The number of fused-ring (bicyclic) bond motifs is 1. The van der Waals surface area contributed by atoms with Crippen LogP contribution in [0.5, 0.6) is 17.2 Å². The van der Waals surface area contributed by atoms with Gasteiger partial charge in [-0.05, 0) is 24.3 Å². The number of anilines is 1. The lowest BCUT2D eigenvalue weighted by Gasteiger charge is -2.13. The monoisotopic (exact) mass is 373 g/mol. The van der Waals surface area contributed by atoms with Gasteiger partial charge < -0.3 is 19.5 Å². The zero-order valence-corrected chi connectivity index (χ0v) is 15.1.